The fraction of sp³-hybridized carbons (Fsp3) is 0.136. The molecule has 0 spiro atoms. The summed E-state index contributed by atoms with van der Waals surface area (Å²) < 4.78 is 0. The minimum absolute atomic E-state index is 0. The number of benzene rings is 2. The molecule has 0 fully saturated rings. The molecule has 0 atom stereocenters. The van der Waals surface area contributed by atoms with Gasteiger partial charge in [0.05, 0.1) is 34.2 Å². The Labute approximate surface area is 203 Å². The van der Waals surface area contributed by atoms with Crippen molar-refractivity contribution in [2.45, 2.75) is 20.8 Å². The van der Waals surface area contributed by atoms with Crippen LogP contribution in [0.4, 0.5) is 11.4 Å². The average molecular weight is 485 g/mol. The molecule has 7 heteroatoms. The fourth-order valence-corrected chi connectivity index (χ4v) is 2.54. The third-order valence-corrected chi connectivity index (χ3v) is 3.82. The van der Waals surface area contributed by atoms with Gasteiger partial charge in [-0.25, -0.2) is 4.98 Å². The van der Waals surface area contributed by atoms with Crippen LogP contribution in [0.5, 0.6) is 0 Å². The van der Waals surface area contributed by atoms with Crippen molar-refractivity contribution in [1.82, 2.24) is 4.98 Å². The fourth-order valence-electron chi connectivity index (χ4n) is 2.54. The number of aromatic nitrogens is 1. The van der Waals surface area contributed by atoms with E-state index >= 15 is 0 Å². The number of halogens is 3. The molecule has 3 rings (SSSR count). The van der Waals surface area contributed by atoms with Crippen LogP contribution in [-0.4, -0.2) is 16.4 Å². The van der Waals surface area contributed by atoms with Gasteiger partial charge >= 0.3 is 0 Å². The number of aryl methyl sites for hydroxylation is 1. The number of para-hydroxylation sites is 2. The van der Waals surface area contributed by atoms with Gasteiger partial charge in [0, 0.05) is 18.6 Å². The van der Waals surface area contributed by atoms with E-state index < -0.39 is 0 Å². The molecule has 3 nitrogen and oxygen atoms in total. The molecule has 0 saturated heterocycles. The van der Waals surface area contributed by atoms with Crippen LogP contribution in [0.25, 0.3) is 0 Å². The van der Waals surface area contributed by atoms with Crippen molar-refractivity contribution in [3.8, 4) is 0 Å². The van der Waals surface area contributed by atoms with Gasteiger partial charge in [0.1, 0.15) is 0 Å². The van der Waals surface area contributed by atoms with Crippen molar-refractivity contribution in [3.05, 3.63) is 89.7 Å². The summed E-state index contributed by atoms with van der Waals surface area (Å²) in [7, 11) is 0. The maximum atomic E-state index is 4.76. The zero-order valence-corrected chi connectivity index (χ0v) is 20.0. The number of aliphatic imine (C=N–C) groups is 2. The molecule has 1 heterocycles. The normalized spacial score (nSPS) is 10.6. The van der Waals surface area contributed by atoms with Crippen LogP contribution in [0.1, 0.15) is 30.8 Å². The smallest absolute Gasteiger partial charge is 0.0852 e. The molecule has 2 aromatic carbocycles. The summed E-state index contributed by atoms with van der Waals surface area (Å²) in [5.74, 6) is 0. The van der Waals surface area contributed by atoms with Gasteiger partial charge in [-0.05, 0) is 62.7 Å². The molecule has 0 aliphatic carbocycles. The van der Waals surface area contributed by atoms with Gasteiger partial charge in [-0.2, -0.15) is 0 Å². The first-order valence-corrected chi connectivity index (χ1v) is 8.32. The number of pyridine rings is 1. The van der Waals surface area contributed by atoms with Crippen LogP contribution in [0.2, 0.25) is 0 Å². The molecule has 3 aromatic rings. The van der Waals surface area contributed by atoms with Crippen molar-refractivity contribution in [2.24, 2.45) is 9.98 Å². The third kappa shape index (κ3) is 8.73. The summed E-state index contributed by atoms with van der Waals surface area (Å²) in [4.78, 5) is 14.1. The van der Waals surface area contributed by atoms with Gasteiger partial charge in [0.15, 0.2) is 0 Å². The molecule has 0 unspecified atom stereocenters. The molecule has 0 N–H and O–H groups in total. The SMILES string of the molecule is CC(=Nc1ccccc1)c1cc(C)cc(C(C)=Nc2ccccc2)n1.[Cl-].[Cl-].[Cl-].[V]. The minimum Gasteiger partial charge on any atom is -1.00 e. The molecule has 0 saturated carbocycles. The topological polar surface area (TPSA) is 37.6 Å². The first-order valence-electron chi connectivity index (χ1n) is 8.32. The first kappa shape index (κ1) is 29.6. The zero-order valence-electron chi connectivity index (χ0n) is 16.4. The summed E-state index contributed by atoms with van der Waals surface area (Å²) in [5.41, 5.74) is 6.54. The van der Waals surface area contributed by atoms with Crippen LogP contribution >= 0.6 is 0 Å². The standard InChI is InChI=1S/C22H21N3.3ClH.V/c1-16-14-21(17(2)23-19-10-6-4-7-11-19)25-22(15-16)18(3)24-20-12-8-5-9-13-20;;;;/h4-15H,1-3H3;3*1H;/p-3. The van der Waals surface area contributed by atoms with Gasteiger partial charge < -0.3 is 37.2 Å². The molecular weight excluding hydrogens is 464 g/mol. The van der Waals surface area contributed by atoms with Crippen LogP contribution in [0.15, 0.2) is 82.8 Å². The minimum atomic E-state index is 0. The zero-order chi connectivity index (χ0) is 17.6. The summed E-state index contributed by atoms with van der Waals surface area (Å²) in [6.07, 6.45) is 0. The Morgan fingerprint density at radius 1 is 0.655 bits per heavy atom. The van der Waals surface area contributed by atoms with E-state index in [1.165, 1.54) is 0 Å². The summed E-state index contributed by atoms with van der Waals surface area (Å²) >= 11 is 0. The molecule has 0 bridgehead atoms. The van der Waals surface area contributed by atoms with Gasteiger partial charge in [-0.15, -0.1) is 0 Å². The molecule has 153 valence electrons. The van der Waals surface area contributed by atoms with Crippen LogP contribution in [0, 0.1) is 6.92 Å². The number of hydrogen-bond donors (Lipinski definition) is 0. The van der Waals surface area contributed by atoms with Crippen LogP contribution < -0.4 is 37.2 Å². The predicted molar refractivity (Wildman–Crippen MR) is 106 cm³/mol. The summed E-state index contributed by atoms with van der Waals surface area (Å²) in [5, 5.41) is 0. The Morgan fingerprint density at radius 3 is 1.34 bits per heavy atom. The van der Waals surface area contributed by atoms with Crippen molar-refractivity contribution in [2.75, 3.05) is 0 Å². The third-order valence-electron chi connectivity index (χ3n) is 3.82. The molecular formula is C22H21Cl3N3V-3. The van der Waals surface area contributed by atoms with E-state index in [-0.39, 0.29) is 55.8 Å². The van der Waals surface area contributed by atoms with Crippen LogP contribution in [0.3, 0.4) is 0 Å². The van der Waals surface area contributed by atoms with Gasteiger partial charge in [0.2, 0.25) is 0 Å². The second-order valence-corrected chi connectivity index (χ2v) is 5.98. The van der Waals surface area contributed by atoms with Crippen molar-refractivity contribution in [3.63, 3.8) is 0 Å². The monoisotopic (exact) mass is 483 g/mol. The van der Waals surface area contributed by atoms with Crippen molar-refractivity contribution in [1.29, 1.82) is 0 Å². The molecule has 0 aliphatic heterocycles. The second kappa shape index (κ2) is 14.4. The van der Waals surface area contributed by atoms with E-state index in [2.05, 4.69) is 29.0 Å². The van der Waals surface area contributed by atoms with E-state index in [9.17, 15) is 0 Å². The van der Waals surface area contributed by atoms with E-state index in [1.54, 1.807) is 0 Å². The van der Waals surface area contributed by atoms with Gasteiger partial charge in [-0.3, -0.25) is 9.98 Å². The van der Waals surface area contributed by atoms with E-state index in [4.69, 9.17) is 4.98 Å². The number of rotatable bonds is 4. The largest absolute Gasteiger partial charge is 1.00 e. The maximum absolute atomic E-state index is 4.76. The van der Waals surface area contributed by atoms with Crippen molar-refractivity contribution < 1.29 is 55.8 Å². The van der Waals surface area contributed by atoms with E-state index in [1.807, 2.05) is 74.5 Å². The first-order chi connectivity index (χ1) is 12.1. The molecule has 0 amide bonds. The van der Waals surface area contributed by atoms with Crippen molar-refractivity contribution >= 4 is 22.8 Å². The Morgan fingerprint density at radius 2 is 1.00 bits per heavy atom. The van der Waals surface area contributed by atoms with E-state index in [0.717, 1.165) is 39.7 Å². The molecule has 29 heavy (non-hydrogen) atoms. The second-order valence-electron chi connectivity index (χ2n) is 5.98. The molecule has 1 aromatic heterocycles. The predicted octanol–water partition coefficient (Wildman–Crippen LogP) is -3.32. The van der Waals surface area contributed by atoms with E-state index in [0.29, 0.717) is 0 Å². The average Bonchev–Trinajstić information content (AvgIpc) is 2.63. The maximum Gasteiger partial charge on any atom is 0.0852 e. The number of nitrogens with zero attached hydrogens (tertiary/aromatic N) is 3. The molecule has 0 aliphatic rings. The Bertz CT molecular complexity index is 857. The summed E-state index contributed by atoms with van der Waals surface area (Å²) in [6.45, 7) is 6.05. The Kier molecular flexibility index (Phi) is 14.7. The number of hydrogen-bond acceptors (Lipinski definition) is 3. The quantitative estimate of drug-likeness (QED) is 0.357. The van der Waals surface area contributed by atoms with Gasteiger partial charge in [0.25, 0.3) is 0 Å². The Balaban J connectivity index is 0. The van der Waals surface area contributed by atoms with Gasteiger partial charge in [-0.1, -0.05) is 36.4 Å². The summed E-state index contributed by atoms with van der Waals surface area (Å²) in [6, 6.07) is 24.0. The molecule has 1 radical (unpaired) electrons. The van der Waals surface area contributed by atoms with Crippen LogP contribution in [-0.2, 0) is 18.6 Å². The Hall–Kier alpha value is -1.62.